The van der Waals surface area contributed by atoms with E-state index in [4.69, 9.17) is 9.15 Å². The average molecular weight is 377 g/mol. The highest BCUT2D eigenvalue weighted by atomic mass is 32.1. The summed E-state index contributed by atoms with van der Waals surface area (Å²) in [4.78, 5) is 16.9. The molecule has 0 aliphatic carbocycles. The van der Waals surface area contributed by atoms with Gasteiger partial charge in [0.1, 0.15) is 5.76 Å². The van der Waals surface area contributed by atoms with Gasteiger partial charge in [-0.05, 0) is 54.6 Å². The molecule has 4 aromatic rings. The number of aromatic nitrogens is 1. The Bertz CT molecular complexity index is 1120. The molecule has 0 saturated heterocycles. The minimum atomic E-state index is -0.216. The number of allylic oxidation sites excluding steroid dienone is 1. The number of methoxy groups -OCH3 is 1. The van der Waals surface area contributed by atoms with Crippen molar-refractivity contribution in [1.29, 1.82) is 0 Å². The fourth-order valence-electron chi connectivity index (χ4n) is 2.62. The largest absolute Gasteiger partial charge is 0.504 e. The van der Waals surface area contributed by atoms with Crippen molar-refractivity contribution in [2.24, 2.45) is 0 Å². The maximum atomic E-state index is 12.3. The SMILES string of the molecule is COc1cc(C(=O)/C=C/c2ccc(-c3nc4ccccc4s3)o2)ccc1O. The van der Waals surface area contributed by atoms with Gasteiger partial charge >= 0.3 is 0 Å². The summed E-state index contributed by atoms with van der Waals surface area (Å²) < 4.78 is 11.9. The molecule has 0 radical (unpaired) electrons. The minimum Gasteiger partial charge on any atom is -0.504 e. The second kappa shape index (κ2) is 7.09. The van der Waals surface area contributed by atoms with E-state index in [-0.39, 0.29) is 17.3 Å². The second-order valence-corrected chi connectivity index (χ2v) is 6.80. The van der Waals surface area contributed by atoms with Crippen molar-refractivity contribution >= 4 is 33.4 Å². The summed E-state index contributed by atoms with van der Waals surface area (Å²) >= 11 is 1.56. The van der Waals surface area contributed by atoms with Gasteiger partial charge < -0.3 is 14.3 Å². The molecule has 4 rings (SSSR count). The third-order valence-electron chi connectivity index (χ3n) is 3.99. The molecule has 6 heteroatoms. The molecule has 0 spiro atoms. The van der Waals surface area contributed by atoms with E-state index in [1.54, 1.807) is 29.5 Å². The number of furan rings is 1. The van der Waals surface area contributed by atoms with Gasteiger partial charge in [0, 0.05) is 5.56 Å². The molecular weight excluding hydrogens is 362 g/mol. The third kappa shape index (κ3) is 3.47. The lowest BCUT2D eigenvalue weighted by Crippen LogP contribution is -1.95. The Morgan fingerprint density at radius 3 is 2.85 bits per heavy atom. The molecule has 0 amide bonds. The summed E-state index contributed by atoms with van der Waals surface area (Å²) in [6.45, 7) is 0. The zero-order chi connectivity index (χ0) is 18.8. The quantitative estimate of drug-likeness (QED) is 0.384. The maximum absolute atomic E-state index is 12.3. The summed E-state index contributed by atoms with van der Waals surface area (Å²) in [6, 6.07) is 16.0. The minimum absolute atomic E-state index is 0.00968. The number of carbonyl (C=O) groups excluding carboxylic acids is 1. The summed E-state index contributed by atoms with van der Waals surface area (Å²) in [7, 11) is 1.44. The zero-order valence-electron chi connectivity index (χ0n) is 14.4. The van der Waals surface area contributed by atoms with Crippen molar-refractivity contribution in [3.63, 3.8) is 0 Å². The van der Waals surface area contributed by atoms with E-state index in [2.05, 4.69) is 4.98 Å². The first-order valence-corrected chi connectivity index (χ1v) is 9.01. The lowest BCUT2D eigenvalue weighted by Gasteiger charge is -2.04. The maximum Gasteiger partial charge on any atom is 0.186 e. The second-order valence-electron chi connectivity index (χ2n) is 5.77. The number of hydrogen-bond donors (Lipinski definition) is 1. The first-order chi connectivity index (χ1) is 13.1. The molecule has 0 unspecified atom stereocenters. The van der Waals surface area contributed by atoms with Crippen LogP contribution in [0.4, 0.5) is 0 Å². The lowest BCUT2D eigenvalue weighted by atomic mass is 10.1. The van der Waals surface area contributed by atoms with Gasteiger partial charge in [-0.2, -0.15) is 0 Å². The van der Waals surface area contributed by atoms with Crippen LogP contribution >= 0.6 is 11.3 Å². The summed E-state index contributed by atoms with van der Waals surface area (Å²) in [5.41, 5.74) is 1.35. The molecule has 2 aromatic heterocycles. The van der Waals surface area contributed by atoms with Crippen LogP contribution in [-0.2, 0) is 0 Å². The summed E-state index contributed by atoms with van der Waals surface area (Å²) in [5.74, 6) is 1.25. The molecule has 0 aliphatic heterocycles. The first-order valence-electron chi connectivity index (χ1n) is 8.19. The average Bonchev–Trinajstić information content (AvgIpc) is 3.33. The number of phenolic OH excluding ortho intramolecular Hbond substituents is 1. The number of phenols is 1. The third-order valence-corrected chi connectivity index (χ3v) is 5.05. The number of rotatable bonds is 5. The van der Waals surface area contributed by atoms with Crippen LogP contribution in [0.1, 0.15) is 16.1 Å². The molecule has 0 atom stereocenters. The van der Waals surface area contributed by atoms with Crippen molar-refractivity contribution in [1.82, 2.24) is 4.98 Å². The monoisotopic (exact) mass is 377 g/mol. The number of fused-ring (bicyclic) bond motifs is 1. The van der Waals surface area contributed by atoms with E-state index in [1.165, 1.54) is 25.3 Å². The number of nitrogens with zero attached hydrogens (tertiary/aromatic N) is 1. The Labute approximate surface area is 159 Å². The van der Waals surface area contributed by atoms with Crippen LogP contribution in [0.25, 0.3) is 27.1 Å². The number of ether oxygens (including phenoxy) is 1. The predicted molar refractivity (Wildman–Crippen MR) is 105 cm³/mol. The van der Waals surface area contributed by atoms with Gasteiger partial charge in [-0.3, -0.25) is 4.79 Å². The highest BCUT2D eigenvalue weighted by Crippen LogP contribution is 2.31. The van der Waals surface area contributed by atoms with Gasteiger partial charge in [0.05, 0.1) is 17.3 Å². The van der Waals surface area contributed by atoms with Crippen LogP contribution in [0.15, 0.2) is 65.1 Å². The summed E-state index contributed by atoms with van der Waals surface area (Å²) in [5, 5.41) is 10.4. The molecule has 0 saturated carbocycles. The summed E-state index contributed by atoms with van der Waals surface area (Å²) in [6.07, 6.45) is 3.03. The molecule has 0 fully saturated rings. The molecule has 5 nitrogen and oxygen atoms in total. The molecule has 0 aliphatic rings. The molecular formula is C21H15NO4S. The van der Waals surface area contributed by atoms with Gasteiger partial charge in [-0.25, -0.2) is 4.98 Å². The number of thiazole rings is 1. The van der Waals surface area contributed by atoms with Gasteiger partial charge in [0.25, 0.3) is 0 Å². The smallest absolute Gasteiger partial charge is 0.186 e. The molecule has 27 heavy (non-hydrogen) atoms. The van der Waals surface area contributed by atoms with E-state index >= 15 is 0 Å². The van der Waals surface area contributed by atoms with Crippen LogP contribution in [0.3, 0.4) is 0 Å². The molecule has 0 bridgehead atoms. The predicted octanol–water partition coefficient (Wildman–Crippen LogP) is 5.17. The number of para-hydroxylation sites is 1. The Morgan fingerprint density at radius 2 is 2.04 bits per heavy atom. The van der Waals surface area contributed by atoms with Crippen LogP contribution in [-0.4, -0.2) is 23.0 Å². The molecule has 1 N–H and O–H groups in total. The molecule has 134 valence electrons. The van der Waals surface area contributed by atoms with Crippen molar-refractivity contribution in [2.75, 3.05) is 7.11 Å². The lowest BCUT2D eigenvalue weighted by molar-refractivity contribution is 0.104. The van der Waals surface area contributed by atoms with E-state index in [0.717, 1.165) is 15.2 Å². The van der Waals surface area contributed by atoms with Crippen molar-refractivity contribution in [2.45, 2.75) is 0 Å². The van der Waals surface area contributed by atoms with Crippen LogP contribution in [0.2, 0.25) is 0 Å². The zero-order valence-corrected chi connectivity index (χ0v) is 15.2. The van der Waals surface area contributed by atoms with E-state index in [1.807, 2.05) is 30.3 Å². The fourth-order valence-corrected chi connectivity index (χ4v) is 3.55. The number of ketones is 1. The fraction of sp³-hybridized carbons (Fsp3) is 0.0476. The first kappa shape index (κ1) is 17.1. The molecule has 2 aromatic carbocycles. The van der Waals surface area contributed by atoms with Gasteiger partial charge in [-0.15, -0.1) is 11.3 Å². The Hall–Kier alpha value is -3.38. The molecule has 2 heterocycles. The van der Waals surface area contributed by atoms with Crippen molar-refractivity contribution in [3.05, 3.63) is 72.0 Å². The Balaban J connectivity index is 1.54. The van der Waals surface area contributed by atoms with Gasteiger partial charge in [0.15, 0.2) is 28.1 Å². The van der Waals surface area contributed by atoms with E-state index in [0.29, 0.717) is 17.1 Å². The van der Waals surface area contributed by atoms with Crippen LogP contribution < -0.4 is 4.74 Å². The topological polar surface area (TPSA) is 72.6 Å². The standard InChI is InChI=1S/C21H15NO4S/c1-25-19-12-13(6-9-17(19)24)16(23)10-7-14-8-11-18(26-14)21-22-15-4-2-3-5-20(15)27-21/h2-12,24H,1H3/b10-7+. The normalized spacial score (nSPS) is 11.3. The highest BCUT2D eigenvalue weighted by Gasteiger charge is 2.11. The van der Waals surface area contributed by atoms with Crippen LogP contribution in [0.5, 0.6) is 11.5 Å². The van der Waals surface area contributed by atoms with Crippen LogP contribution in [0, 0.1) is 0 Å². The highest BCUT2D eigenvalue weighted by molar-refractivity contribution is 7.21. The Kier molecular flexibility index (Phi) is 4.48. The number of carbonyl (C=O) groups is 1. The van der Waals surface area contributed by atoms with E-state index < -0.39 is 0 Å². The number of aromatic hydroxyl groups is 1. The van der Waals surface area contributed by atoms with Crippen molar-refractivity contribution in [3.8, 4) is 22.3 Å². The van der Waals surface area contributed by atoms with Crippen molar-refractivity contribution < 1.29 is 19.1 Å². The number of hydrogen-bond acceptors (Lipinski definition) is 6. The van der Waals surface area contributed by atoms with E-state index in [9.17, 15) is 9.90 Å². The Morgan fingerprint density at radius 1 is 1.19 bits per heavy atom. The van der Waals surface area contributed by atoms with Gasteiger partial charge in [-0.1, -0.05) is 12.1 Å². The number of benzene rings is 2. The van der Waals surface area contributed by atoms with Gasteiger partial charge in [0.2, 0.25) is 0 Å².